The first-order chi connectivity index (χ1) is 16.8. The molecule has 0 spiro atoms. The lowest BCUT2D eigenvalue weighted by atomic mass is 9.98. The normalized spacial score (nSPS) is 14.0. The first-order valence-electron chi connectivity index (χ1n) is 12.9. The van der Waals surface area contributed by atoms with Crippen molar-refractivity contribution in [3.8, 4) is 22.5 Å². The van der Waals surface area contributed by atoms with E-state index in [0.717, 1.165) is 46.0 Å². The lowest BCUT2D eigenvalue weighted by molar-refractivity contribution is 0.185. The fraction of sp³-hybridized carbons (Fsp3) is 0.355. The molecule has 0 amide bonds. The van der Waals surface area contributed by atoms with Gasteiger partial charge in [-0.1, -0.05) is 101 Å². The number of likely N-dealkylation sites (tertiary alicyclic amines) is 1. The summed E-state index contributed by atoms with van der Waals surface area (Å²) in [5.74, 6) is 0.867. The van der Waals surface area contributed by atoms with Gasteiger partial charge in [-0.3, -0.25) is 4.90 Å². The maximum atomic E-state index is 5.00. The van der Waals surface area contributed by atoms with Gasteiger partial charge in [0.2, 0.25) is 0 Å². The lowest BCUT2D eigenvalue weighted by Gasteiger charge is -2.30. The molecular weight excluding hydrogens is 414 g/mol. The van der Waals surface area contributed by atoms with E-state index in [0.29, 0.717) is 0 Å². The monoisotopic (exact) mass is 453 g/mol. The van der Waals surface area contributed by atoms with Gasteiger partial charge in [-0.2, -0.15) is 0 Å². The van der Waals surface area contributed by atoms with E-state index in [2.05, 4.69) is 60.4 Å². The summed E-state index contributed by atoms with van der Waals surface area (Å²) in [7, 11) is 0. The number of hydrogen-bond donors (Lipinski definition) is 0. The predicted molar refractivity (Wildman–Crippen MR) is 147 cm³/mol. The van der Waals surface area contributed by atoms with Crippen LogP contribution >= 0.6 is 0 Å². The number of rotatable bonds is 4. The molecule has 1 saturated heterocycles. The van der Waals surface area contributed by atoms with Crippen LogP contribution in [0.15, 0.2) is 78.9 Å². The van der Waals surface area contributed by atoms with Crippen molar-refractivity contribution in [1.82, 2.24) is 14.9 Å². The van der Waals surface area contributed by atoms with E-state index in [4.69, 9.17) is 9.97 Å². The van der Waals surface area contributed by atoms with E-state index < -0.39 is 0 Å². The van der Waals surface area contributed by atoms with Gasteiger partial charge in [0, 0.05) is 17.7 Å². The largest absolute Gasteiger partial charge is 0.299 e. The summed E-state index contributed by atoms with van der Waals surface area (Å²) in [5.41, 5.74) is 7.31. The topological polar surface area (TPSA) is 29.0 Å². The molecule has 3 aromatic carbocycles. The average molecular weight is 454 g/mol. The Morgan fingerprint density at radius 3 is 1.65 bits per heavy atom. The second-order valence-corrected chi connectivity index (χ2v) is 8.43. The third kappa shape index (κ3) is 6.30. The highest BCUT2D eigenvalue weighted by Crippen LogP contribution is 2.31. The zero-order chi connectivity index (χ0) is 24.3. The molecule has 1 aliphatic heterocycles. The molecule has 1 aromatic heterocycles. The Bertz CT molecular complexity index is 1130. The van der Waals surface area contributed by atoms with Crippen molar-refractivity contribution >= 4 is 11.0 Å². The van der Waals surface area contributed by atoms with E-state index in [1.165, 1.54) is 31.5 Å². The first-order valence-corrected chi connectivity index (χ1v) is 12.9. The summed E-state index contributed by atoms with van der Waals surface area (Å²) < 4.78 is 0. The highest BCUT2D eigenvalue weighted by atomic mass is 15.1. The molecule has 0 bridgehead atoms. The summed E-state index contributed by atoms with van der Waals surface area (Å²) in [5, 5.41) is 0. The highest BCUT2D eigenvalue weighted by molar-refractivity contribution is 5.86. The van der Waals surface area contributed by atoms with Gasteiger partial charge < -0.3 is 0 Å². The van der Waals surface area contributed by atoms with Gasteiger partial charge in [-0.15, -0.1) is 0 Å². The number of piperidine rings is 1. The van der Waals surface area contributed by atoms with Gasteiger partial charge in [0.05, 0.1) is 22.4 Å². The minimum absolute atomic E-state index is 0.867. The first kappa shape index (κ1) is 25.6. The van der Waals surface area contributed by atoms with Crippen molar-refractivity contribution in [2.45, 2.75) is 54.0 Å². The quantitative estimate of drug-likeness (QED) is 0.311. The van der Waals surface area contributed by atoms with E-state index >= 15 is 0 Å². The molecule has 178 valence electrons. The molecule has 1 fully saturated rings. The molecule has 0 radical (unpaired) electrons. The molecule has 0 N–H and O–H groups in total. The average Bonchev–Trinajstić information content (AvgIpc) is 2.92. The van der Waals surface area contributed by atoms with E-state index in [1.54, 1.807) is 0 Å². The molecular formula is C31H39N3. The molecule has 4 aromatic rings. The second-order valence-electron chi connectivity index (χ2n) is 8.43. The molecule has 0 saturated carbocycles. The molecule has 2 heterocycles. The van der Waals surface area contributed by atoms with Crippen molar-refractivity contribution in [2.75, 3.05) is 13.1 Å². The fourth-order valence-electron chi connectivity index (χ4n) is 4.25. The van der Waals surface area contributed by atoms with Crippen LogP contribution in [0, 0.1) is 5.92 Å². The van der Waals surface area contributed by atoms with Crippen molar-refractivity contribution in [3.63, 3.8) is 0 Å². The van der Waals surface area contributed by atoms with Crippen molar-refractivity contribution in [2.24, 2.45) is 5.92 Å². The van der Waals surface area contributed by atoms with Crippen molar-refractivity contribution < 1.29 is 0 Å². The molecule has 0 aliphatic carbocycles. The standard InChI is InChI=1S/C27H27N3.2C2H6/c1-20-15-17-30(18-16-20)19-21-11-13-23(14-12-21)27-26(22-7-3-2-4-8-22)28-24-9-5-6-10-25(24)29-27;2*1-2/h2-14,20H,15-19H2,1H3;2*1-2H3. The maximum Gasteiger partial charge on any atom is 0.0973 e. The van der Waals surface area contributed by atoms with Gasteiger partial charge in [-0.25, -0.2) is 9.97 Å². The van der Waals surface area contributed by atoms with Crippen LogP contribution in [-0.4, -0.2) is 28.0 Å². The Labute approximate surface area is 205 Å². The number of benzene rings is 3. The Morgan fingerprint density at radius 2 is 1.12 bits per heavy atom. The smallest absolute Gasteiger partial charge is 0.0973 e. The number of para-hydroxylation sites is 2. The van der Waals surface area contributed by atoms with Crippen molar-refractivity contribution in [1.29, 1.82) is 0 Å². The Balaban J connectivity index is 0.000000771. The SMILES string of the molecule is CC.CC.CC1CCN(Cc2ccc(-c3nc4ccccc4nc3-c3ccccc3)cc2)CC1. The number of nitrogens with zero attached hydrogens (tertiary/aromatic N) is 3. The van der Waals surface area contributed by atoms with Gasteiger partial charge >= 0.3 is 0 Å². The summed E-state index contributed by atoms with van der Waals surface area (Å²) in [6.45, 7) is 13.8. The number of aromatic nitrogens is 2. The van der Waals surface area contributed by atoms with E-state index in [-0.39, 0.29) is 0 Å². The van der Waals surface area contributed by atoms with Crippen LogP contribution in [0.4, 0.5) is 0 Å². The molecule has 3 nitrogen and oxygen atoms in total. The summed E-state index contributed by atoms with van der Waals surface area (Å²) in [4.78, 5) is 12.5. The van der Waals surface area contributed by atoms with Gasteiger partial charge in [0.1, 0.15) is 0 Å². The molecule has 0 atom stereocenters. The molecule has 5 rings (SSSR count). The van der Waals surface area contributed by atoms with Crippen LogP contribution in [-0.2, 0) is 6.54 Å². The van der Waals surface area contributed by atoms with Crippen LogP contribution in [0.2, 0.25) is 0 Å². The molecule has 0 unspecified atom stereocenters. The second kappa shape index (κ2) is 13.0. The van der Waals surface area contributed by atoms with Crippen LogP contribution < -0.4 is 0 Å². The third-order valence-corrected chi connectivity index (χ3v) is 6.13. The minimum atomic E-state index is 0.867. The van der Waals surface area contributed by atoms with E-state index in [9.17, 15) is 0 Å². The minimum Gasteiger partial charge on any atom is -0.299 e. The lowest BCUT2D eigenvalue weighted by Crippen LogP contribution is -2.32. The van der Waals surface area contributed by atoms with Crippen molar-refractivity contribution in [3.05, 3.63) is 84.4 Å². The van der Waals surface area contributed by atoms with Gasteiger partial charge in [0.25, 0.3) is 0 Å². The Kier molecular flexibility index (Phi) is 9.78. The Hall–Kier alpha value is -3.04. The molecule has 1 aliphatic rings. The summed E-state index contributed by atoms with van der Waals surface area (Å²) >= 11 is 0. The van der Waals surface area contributed by atoms with Gasteiger partial charge in [0.15, 0.2) is 0 Å². The van der Waals surface area contributed by atoms with Crippen LogP contribution in [0.5, 0.6) is 0 Å². The third-order valence-electron chi connectivity index (χ3n) is 6.13. The van der Waals surface area contributed by atoms with Crippen LogP contribution in [0.1, 0.15) is 53.0 Å². The van der Waals surface area contributed by atoms with Crippen LogP contribution in [0.3, 0.4) is 0 Å². The molecule has 34 heavy (non-hydrogen) atoms. The number of hydrogen-bond acceptors (Lipinski definition) is 3. The highest BCUT2D eigenvalue weighted by Gasteiger charge is 2.16. The van der Waals surface area contributed by atoms with Crippen LogP contribution in [0.25, 0.3) is 33.5 Å². The summed E-state index contributed by atoms with van der Waals surface area (Å²) in [6.07, 6.45) is 2.62. The van der Waals surface area contributed by atoms with E-state index in [1.807, 2.05) is 58.0 Å². The number of fused-ring (bicyclic) bond motifs is 1. The van der Waals surface area contributed by atoms with Gasteiger partial charge in [-0.05, 0) is 49.5 Å². The summed E-state index contributed by atoms with van der Waals surface area (Å²) in [6, 6.07) is 27.4. The zero-order valence-electron chi connectivity index (χ0n) is 21.5. The zero-order valence-corrected chi connectivity index (χ0v) is 21.5. The Morgan fingerprint density at radius 1 is 0.647 bits per heavy atom. The fourth-order valence-corrected chi connectivity index (χ4v) is 4.25. The maximum absolute atomic E-state index is 5.00. The molecule has 3 heteroatoms. The predicted octanol–water partition coefficient (Wildman–Crippen LogP) is 8.25.